The quantitative estimate of drug-likeness (QED) is 0.140. The van der Waals surface area contributed by atoms with E-state index in [-0.39, 0.29) is 0 Å². The Bertz CT molecular complexity index is 3220. The molecule has 0 aliphatic carbocycles. The summed E-state index contributed by atoms with van der Waals surface area (Å²) < 4.78 is 2.65. The summed E-state index contributed by atoms with van der Waals surface area (Å²) in [7, 11) is 0. The van der Waals surface area contributed by atoms with E-state index in [1.165, 1.54) is 86.9 Å². The van der Waals surface area contributed by atoms with Gasteiger partial charge in [-0.3, -0.25) is 0 Å². The monoisotopic (exact) mass is 807 g/mol. The Morgan fingerprint density at radius 2 is 0.581 bits per heavy atom. The molecule has 0 atom stereocenters. The van der Waals surface area contributed by atoms with E-state index in [9.17, 15) is 0 Å². The molecule has 0 amide bonds. The lowest BCUT2D eigenvalue weighted by molar-refractivity contribution is 1.28. The van der Waals surface area contributed by atoms with E-state index in [1.807, 2.05) is 11.3 Å². The second-order valence-corrected chi connectivity index (χ2v) is 16.8. The minimum Gasteiger partial charge on any atom is -0.311 e. The summed E-state index contributed by atoms with van der Waals surface area (Å²) in [6, 6.07) is 90.2. The standard InChI is InChI=1S/C60H41NS/c1-4-13-42(14-5-1)45-23-25-46(26-24-45)47-27-33-53(34-28-47)61(55-37-31-49(32-38-55)56-20-12-21-58-57-19-10-11-22-59(57)62-60(56)58)54-35-29-48(30-36-54)52-40-50(43-15-6-2-7-16-43)39-51(41-52)44-17-8-3-9-18-44/h1-41H. The summed E-state index contributed by atoms with van der Waals surface area (Å²) in [5.41, 5.74) is 17.8. The minimum absolute atomic E-state index is 1.09. The number of nitrogens with zero attached hydrogens (tertiary/aromatic N) is 1. The summed E-state index contributed by atoms with van der Waals surface area (Å²) in [5.74, 6) is 0. The summed E-state index contributed by atoms with van der Waals surface area (Å²) >= 11 is 1.87. The van der Waals surface area contributed by atoms with Gasteiger partial charge >= 0.3 is 0 Å². The zero-order valence-corrected chi connectivity index (χ0v) is 34.8. The summed E-state index contributed by atoms with van der Waals surface area (Å²) in [6.45, 7) is 0. The van der Waals surface area contributed by atoms with Crippen LogP contribution in [0.15, 0.2) is 249 Å². The van der Waals surface area contributed by atoms with Gasteiger partial charge < -0.3 is 4.90 Å². The normalized spacial score (nSPS) is 11.2. The van der Waals surface area contributed by atoms with E-state index in [1.54, 1.807) is 0 Å². The van der Waals surface area contributed by atoms with Crippen LogP contribution in [0.2, 0.25) is 0 Å². The van der Waals surface area contributed by atoms with Crippen molar-refractivity contribution in [1.82, 2.24) is 0 Å². The first-order valence-electron chi connectivity index (χ1n) is 21.2. The summed E-state index contributed by atoms with van der Waals surface area (Å²) in [4.78, 5) is 2.37. The molecule has 0 fully saturated rings. The fourth-order valence-corrected chi connectivity index (χ4v) is 9.93. The number of rotatable bonds is 9. The van der Waals surface area contributed by atoms with Gasteiger partial charge in [-0.05, 0) is 127 Å². The molecule has 0 aliphatic heterocycles. The first-order valence-corrected chi connectivity index (χ1v) is 22.0. The molecule has 1 aromatic heterocycles. The van der Waals surface area contributed by atoms with Gasteiger partial charge in [0.15, 0.2) is 0 Å². The number of thiophene rings is 1. The maximum Gasteiger partial charge on any atom is 0.0462 e. The molecule has 0 aliphatic rings. The van der Waals surface area contributed by atoms with Gasteiger partial charge in [-0.15, -0.1) is 11.3 Å². The van der Waals surface area contributed by atoms with Crippen LogP contribution in [0.5, 0.6) is 0 Å². The average Bonchev–Trinajstić information content (AvgIpc) is 3.75. The Hall–Kier alpha value is -7.78. The van der Waals surface area contributed by atoms with Gasteiger partial charge in [0.05, 0.1) is 0 Å². The molecule has 0 unspecified atom stereocenters. The lowest BCUT2D eigenvalue weighted by Crippen LogP contribution is -2.09. The maximum atomic E-state index is 2.37. The van der Waals surface area contributed by atoms with Gasteiger partial charge in [-0.1, -0.05) is 188 Å². The zero-order valence-electron chi connectivity index (χ0n) is 34.0. The molecule has 0 bridgehead atoms. The Kier molecular flexibility index (Phi) is 9.82. The maximum absolute atomic E-state index is 2.37. The number of hydrogen-bond acceptors (Lipinski definition) is 2. The van der Waals surface area contributed by atoms with Crippen molar-refractivity contribution in [2.24, 2.45) is 0 Å². The van der Waals surface area contributed by atoms with Gasteiger partial charge in [0.25, 0.3) is 0 Å². The van der Waals surface area contributed by atoms with Crippen molar-refractivity contribution in [2.75, 3.05) is 4.90 Å². The van der Waals surface area contributed by atoms with Gasteiger partial charge in [0.2, 0.25) is 0 Å². The van der Waals surface area contributed by atoms with Crippen molar-refractivity contribution in [1.29, 1.82) is 0 Å². The van der Waals surface area contributed by atoms with Gasteiger partial charge in [0, 0.05) is 37.2 Å². The first-order chi connectivity index (χ1) is 30.7. The number of fused-ring (bicyclic) bond motifs is 3. The van der Waals surface area contributed by atoms with Crippen LogP contribution >= 0.6 is 11.3 Å². The Balaban J connectivity index is 0.970. The number of benzene rings is 10. The predicted octanol–water partition coefficient (Wildman–Crippen LogP) is 17.5. The molecule has 62 heavy (non-hydrogen) atoms. The SMILES string of the molecule is c1ccc(-c2ccc(-c3ccc(N(c4ccc(-c5cc(-c6ccccc6)cc(-c6ccccc6)c5)cc4)c4ccc(-c5cccc6c5sc5ccccc56)cc4)cc3)cc2)cc1. The smallest absolute Gasteiger partial charge is 0.0462 e. The van der Waals surface area contributed by atoms with Crippen LogP contribution in [0.4, 0.5) is 17.1 Å². The predicted molar refractivity (Wildman–Crippen MR) is 267 cm³/mol. The van der Waals surface area contributed by atoms with Crippen LogP contribution in [0.3, 0.4) is 0 Å². The molecule has 1 heterocycles. The third-order valence-electron chi connectivity index (χ3n) is 11.9. The molecule has 292 valence electrons. The molecule has 0 saturated heterocycles. The molecule has 0 radical (unpaired) electrons. The third kappa shape index (κ3) is 7.28. The lowest BCUT2D eigenvalue weighted by Gasteiger charge is -2.26. The third-order valence-corrected chi connectivity index (χ3v) is 13.1. The van der Waals surface area contributed by atoms with Crippen molar-refractivity contribution in [3.8, 4) is 66.8 Å². The van der Waals surface area contributed by atoms with Crippen LogP contribution in [0.1, 0.15) is 0 Å². The van der Waals surface area contributed by atoms with Crippen molar-refractivity contribution in [2.45, 2.75) is 0 Å². The molecular formula is C60H41NS. The highest BCUT2D eigenvalue weighted by Gasteiger charge is 2.16. The Morgan fingerprint density at radius 3 is 1.05 bits per heavy atom. The molecule has 0 saturated carbocycles. The number of hydrogen-bond donors (Lipinski definition) is 0. The minimum atomic E-state index is 1.09. The van der Waals surface area contributed by atoms with Crippen molar-refractivity contribution in [3.05, 3.63) is 249 Å². The van der Waals surface area contributed by atoms with E-state index < -0.39 is 0 Å². The molecule has 0 N–H and O–H groups in total. The fourth-order valence-electron chi connectivity index (χ4n) is 8.69. The highest BCUT2D eigenvalue weighted by atomic mass is 32.1. The van der Waals surface area contributed by atoms with E-state index >= 15 is 0 Å². The Morgan fingerprint density at radius 1 is 0.242 bits per heavy atom. The van der Waals surface area contributed by atoms with Crippen LogP contribution in [0.25, 0.3) is 86.9 Å². The topological polar surface area (TPSA) is 3.24 Å². The molecule has 11 aromatic rings. The van der Waals surface area contributed by atoms with Crippen molar-refractivity contribution < 1.29 is 0 Å². The highest BCUT2D eigenvalue weighted by Crippen LogP contribution is 2.42. The molecule has 10 aromatic carbocycles. The lowest BCUT2D eigenvalue weighted by atomic mass is 9.93. The van der Waals surface area contributed by atoms with Crippen LogP contribution in [0, 0.1) is 0 Å². The fraction of sp³-hybridized carbons (Fsp3) is 0. The second-order valence-electron chi connectivity index (χ2n) is 15.7. The first kappa shape index (κ1) is 37.2. The summed E-state index contributed by atoms with van der Waals surface area (Å²) in [5, 5.41) is 2.63. The summed E-state index contributed by atoms with van der Waals surface area (Å²) in [6.07, 6.45) is 0. The molecular weight excluding hydrogens is 767 g/mol. The van der Waals surface area contributed by atoms with Crippen molar-refractivity contribution >= 4 is 48.6 Å². The molecule has 0 spiro atoms. The number of anilines is 3. The van der Waals surface area contributed by atoms with E-state index in [0.717, 1.165) is 17.1 Å². The zero-order chi connectivity index (χ0) is 41.2. The van der Waals surface area contributed by atoms with E-state index in [0.29, 0.717) is 0 Å². The average molecular weight is 808 g/mol. The van der Waals surface area contributed by atoms with Gasteiger partial charge in [-0.2, -0.15) is 0 Å². The van der Waals surface area contributed by atoms with Gasteiger partial charge in [-0.25, -0.2) is 0 Å². The van der Waals surface area contributed by atoms with Crippen LogP contribution in [-0.2, 0) is 0 Å². The Labute approximate surface area is 367 Å². The van der Waals surface area contributed by atoms with E-state index in [4.69, 9.17) is 0 Å². The van der Waals surface area contributed by atoms with Crippen molar-refractivity contribution in [3.63, 3.8) is 0 Å². The van der Waals surface area contributed by atoms with Crippen LogP contribution < -0.4 is 4.90 Å². The second kappa shape index (κ2) is 16.3. The van der Waals surface area contributed by atoms with Gasteiger partial charge in [0.1, 0.15) is 0 Å². The molecule has 2 heteroatoms. The largest absolute Gasteiger partial charge is 0.311 e. The molecule has 1 nitrogen and oxygen atoms in total. The van der Waals surface area contributed by atoms with E-state index in [2.05, 4.69) is 254 Å². The molecule has 11 rings (SSSR count). The van der Waals surface area contributed by atoms with Crippen LogP contribution in [-0.4, -0.2) is 0 Å². The highest BCUT2D eigenvalue weighted by molar-refractivity contribution is 7.26.